The zero-order valence-electron chi connectivity index (χ0n) is 15.8. The second-order valence-electron chi connectivity index (χ2n) is 6.63. The summed E-state index contributed by atoms with van der Waals surface area (Å²) in [6.07, 6.45) is 1.79. The molecular formula is C23H19N3O3. The van der Waals surface area contributed by atoms with Crippen molar-refractivity contribution in [2.75, 3.05) is 7.11 Å². The van der Waals surface area contributed by atoms with Crippen molar-refractivity contribution in [3.8, 4) is 0 Å². The molecule has 1 amide bonds. The number of hydrogen-bond donors (Lipinski definition) is 1. The lowest BCUT2D eigenvalue weighted by atomic mass is 10.0. The third-order valence-corrected chi connectivity index (χ3v) is 4.74. The summed E-state index contributed by atoms with van der Waals surface area (Å²) >= 11 is 0. The monoisotopic (exact) mass is 385 g/mol. The van der Waals surface area contributed by atoms with Gasteiger partial charge in [-0.1, -0.05) is 48.5 Å². The van der Waals surface area contributed by atoms with Gasteiger partial charge in [0.25, 0.3) is 5.91 Å². The van der Waals surface area contributed by atoms with Gasteiger partial charge in [0.2, 0.25) is 0 Å². The summed E-state index contributed by atoms with van der Waals surface area (Å²) in [5.74, 6) is -0.875. The van der Waals surface area contributed by atoms with Crippen LogP contribution in [0.5, 0.6) is 0 Å². The van der Waals surface area contributed by atoms with Gasteiger partial charge in [0.05, 0.1) is 23.8 Å². The minimum atomic E-state index is -0.873. The number of para-hydroxylation sites is 2. The Bertz CT molecular complexity index is 1200. The Labute approximate surface area is 167 Å². The standard InChI is InChI=1S/C23H19N3O3/c1-29-23(28)21(13-16-14-24-19-11-4-5-12-20(19)25-16)26-22(27)18-10-6-8-15-7-2-3-9-17(15)18/h2-12,14,21H,13H2,1H3,(H,26,27)/t21-/m1/s1. The molecule has 0 spiro atoms. The van der Waals surface area contributed by atoms with Crippen LogP contribution in [-0.4, -0.2) is 35.0 Å². The predicted octanol–water partition coefficient (Wildman–Crippen LogP) is 3.30. The van der Waals surface area contributed by atoms with Gasteiger partial charge in [-0.15, -0.1) is 0 Å². The molecule has 4 rings (SSSR count). The first-order chi connectivity index (χ1) is 14.2. The zero-order valence-corrected chi connectivity index (χ0v) is 15.8. The maximum atomic E-state index is 12.9. The molecular weight excluding hydrogens is 366 g/mol. The van der Waals surface area contributed by atoms with Crippen molar-refractivity contribution in [2.45, 2.75) is 12.5 Å². The number of carbonyl (C=O) groups excluding carboxylic acids is 2. The number of esters is 1. The van der Waals surface area contributed by atoms with Crippen molar-refractivity contribution >= 4 is 33.7 Å². The van der Waals surface area contributed by atoms with E-state index in [-0.39, 0.29) is 12.3 Å². The lowest BCUT2D eigenvalue weighted by molar-refractivity contribution is -0.142. The summed E-state index contributed by atoms with van der Waals surface area (Å²) in [6, 6.07) is 19.7. The van der Waals surface area contributed by atoms with Crippen LogP contribution in [0.4, 0.5) is 0 Å². The molecule has 4 aromatic rings. The third kappa shape index (κ3) is 3.91. The predicted molar refractivity (Wildman–Crippen MR) is 110 cm³/mol. The Morgan fingerprint density at radius 1 is 0.966 bits per heavy atom. The number of fused-ring (bicyclic) bond motifs is 2. The normalized spacial score (nSPS) is 11.9. The van der Waals surface area contributed by atoms with Gasteiger partial charge in [-0.05, 0) is 29.0 Å². The maximum Gasteiger partial charge on any atom is 0.328 e. The molecule has 0 unspecified atom stereocenters. The molecule has 6 nitrogen and oxygen atoms in total. The van der Waals surface area contributed by atoms with Gasteiger partial charge in [-0.25, -0.2) is 9.78 Å². The van der Waals surface area contributed by atoms with Crippen LogP contribution in [0.2, 0.25) is 0 Å². The van der Waals surface area contributed by atoms with E-state index in [2.05, 4.69) is 15.3 Å². The van der Waals surface area contributed by atoms with E-state index in [4.69, 9.17) is 4.74 Å². The molecule has 0 bridgehead atoms. The highest BCUT2D eigenvalue weighted by atomic mass is 16.5. The average molecular weight is 385 g/mol. The number of nitrogens with zero attached hydrogens (tertiary/aromatic N) is 2. The number of hydrogen-bond acceptors (Lipinski definition) is 5. The topological polar surface area (TPSA) is 81.2 Å². The molecule has 6 heteroatoms. The van der Waals surface area contributed by atoms with E-state index < -0.39 is 12.0 Å². The average Bonchev–Trinajstić information content (AvgIpc) is 2.77. The molecule has 3 aromatic carbocycles. The van der Waals surface area contributed by atoms with Gasteiger partial charge >= 0.3 is 5.97 Å². The summed E-state index contributed by atoms with van der Waals surface area (Å²) < 4.78 is 4.89. The van der Waals surface area contributed by atoms with Crippen LogP contribution in [0.1, 0.15) is 16.1 Å². The summed E-state index contributed by atoms with van der Waals surface area (Å²) in [4.78, 5) is 34.2. The van der Waals surface area contributed by atoms with E-state index in [1.807, 2.05) is 60.7 Å². The van der Waals surface area contributed by atoms with Crippen molar-refractivity contribution in [3.05, 3.63) is 84.2 Å². The quantitative estimate of drug-likeness (QED) is 0.533. The number of rotatable bonds is 5. The minimum Gasteiger partial charge on any atom is -0.467 e. The summed E-state index contributed by atoms with van der Waals surface area (Å²) in [7, 11) is 1.30. The Hall–Kier alpha value is -3.80. The number of nitrogens with one attached hydrogen (secondary N) is 1. The highest BCUT2D eigenvalue weighted by molar-refractivity contribution is 6.08. The van der Waals surface area contributed by atoms with Gasteiger partial charge in [-0.3, -0.25) is 9.78 Å². The van der Waals surface area contributed by atoms with Crippen molar-refractivity contribution in [1.82, 2.24) is 15.3 Å². The molecule has 0 fully saturated rings. The molecule has 144 valence electrons. The largest absolute Gasteiger partial charge is 0.467 e. The van der Waals surface area contributed by atoms with Gasteiger partial charge in [-0.2, -0.15) is 0 Å². The first kappa shape index (κ1) is 18.6. The first-order valence-corrected chi connectivity index (χ1v) is 9.23. The number of benzene rings is 3. The van der Waals surface area contributed by atoms with Crippen LogP contribution in [0, 0.1) is 0 Å². The van der Waals surface area contributed by atoms with E-state index in [1.54, 1.807) is 12.3 Å². The number of carbonyl (C=O) groups is 2. The van der Waals surface area contributed by atoms with Crippen molar-refractivity contribution in [2.24, 2.45) is 0 Å². The molecule has 1 atom stereocenters. The molecule has 0 radical (unpaired) electrons. The Kier molecular flexibility index (Phi) is 5.16. The van der Waals surface area contributed by atoms with E-state index >= 15 is 0 Å². The first-order valence-electron chi connectivity index (χ1n) is 9.23. The highest BCUT2D eigenvalue weighted by Gasteiger charge is 2.24. The van der Waals surface area contributed by atoms with E-state index in [9.17, 15) is 9.59 Å². The highest BCUT2D eigenvalue weighted by Crippen LogP contribution is 2.19. The van der Waals surface area contributed by atoms with Crippen LogP contribution in [-0.2, 0) is 16.0 Å². The zero-order chi connectivity index (χ0) is 20.2. The lowest BCUT2D eigenvalue weighted by Gasteiger charge is -2.17. The maximum absolute atomic E-state index is 12.9. The van der Waals surface area contributed by atoms with E-state index in [0.717, 1.165) is 21.8 Å². The molecule has 1 aromatic heterocycles. The number of amides is 1. The molecule has 0 aliphatic rings. The minimum absolute atomic E-state index is 0.182. The number of aromatic nitrogens is 2. The molecule has 1 heterocycles. The van der Waals surface area contributed by atoms with Crippen LogP contribution >= 0.6 is 0 Å². The number of methoxy groups -OCH3 is 1. The van der Waals surface area contributed by atoms with Crippen LogP contribution in [0.15, 0.2) is 72.9 Å². The van der Waals surface area contributed by atoms with Gasteiger partial charge in [0.15, 0.2) is 0 Å². The fourth-order valence-corrected chi connectivity index (χ4v) is 3.30. The Morgan fingerprint density at radius 3 is 2.52 bits per heavy atom. The molecule has 0 aliphatic carbocycles. The lowest BCUT2D eigenvalue weighted by Crippen LogP contribution is -2.43. The van der Waals surface area contributed by atoms with Crippen molar-refractivity contribution in [1.29, 1.82) is 0 Å². The van der Waals surface area contributed by atoms with Crippen LogP contribution in [0.3, 0.4) is 0 Å². The second kappa shape index (κ2) is 8.06. The molecule has 29 heavy (non-hydrogen) atoms. The smallest absolute Gasteiger partial charge is 0.328 e. The van der Waals surface area contributed by atoms with E-state index in [1.165, 1.54) is 7.11 Å². The summed E-state index contributed by atoms with van der Waals surface area (Å²) in [6.45, 7) is 0. The third-order valence-electron chi connectivity index (χ3n) is 4.74. The van der Waals surface area contributed by atoms with E-state index in [0.29, 0.717) is 11.3 Å². The Morgan fingerprint density at radius 2 is 1.69 bits per heavy atom. The second-order valence-corrected chi connectivity index (χ2v) is 6.63. The SMILES string of the molecule is COC(=O)[C@@H](Cc1cnc2ccccc2n1)NC(=O)c1cccc2ccccc12. The van der Waals surface area contributed by atoms with Gasteiger partial charge < -0.3 is 10.1 Å². The van der Waals surface area contributed by atoms with Crippen LogP contribution in [0.25, 0.3) is 21.8 Å². The van der Waals surface area contributed by atoms with Crippen molar-refractivity contribution < 1.29 is 14.3 Å². The fraction of sp³-hybridized carbons (Fsp3) is 0.130. The fourth-order valence-electron chi connectivity index (χ4n) is 3.30. The molecule has 1 N–H and O–H groups in total. The molecule has 0 aliphatic heterocycles. The van der Waals surface area contributed by atoms with Gasteiger partial charge in [0, 0.05) is 18.2 Å². The molecule has 0 saturated carbocycles. The molecule has 0 saturated heterocycles. The number of ether oxygens (including phenoxy) is 1. The van der Waals surface area contributed by atoms with Crippen molar-refractivity contribution in [3.63, 3.8) is 0 Å². The van der Waals surface area contributed by atoms with Crippen LogP contribution < -0.4 is 5.32 Å². The summed E-state index contributed by atoms with van der Waals surface area (Å²) in [5.41, 5.74) is 2.60. The van der Waals surface area contributed by atoms with Gasteiger partial charge in [0.1, 0.15) is 6.04 Å². The summed E-state index contributed by atoms with van der Waals surface area (Å²) in [5, 5.41) is 4.57. The Balaban J connectivity index is 1.61.